The average molecular weight is 335 g/mol. The van der Waals surface area contributed by atoms with Gasteiger partial charge in [0.15, 0.2) is 6.61 Å². The van der Waals surface area contributed by atoms with Crippen LogP contribution in [-0.2, 0) is 4.79 Å². The Balaban J connectivity index is 1.72. The van der Waals surface area contributed by atoms with E-state index in [1.807, 2.05) is 23.1 Å². The van der Waals surface area contributed by atoms with Gasteiger partial charge in [0.25, 0.3) is 5.91 Å². The van der Waals surface area contributed by atoms with Crippen LogP contribution in [0.3, 0.4) is 0 Å². The molecule has 1 aliphatic heterocycles. The molecule has 1 aliphatic rings. The van der Waals surface area contributed by atoms with E-state index in [1.165, 1.54) is 0 Å². The molecule has 1 heterocycles. The molecule has 1 amide bonds. The van der Waals surface area contributed by atoms with Crippen molar-refractivity contribution >= 4 is 5.91 Å². The molecular weight excluding hydrogens is 314 g/mol. The Labute approximate surface area is 148 Å². The first-order valence-corrected chi connectivity index (χ1v) is 8.34. The Kier molecular flexibility index (Phi) is 5.32. The van der Waals surface area contributed by atoms with Gasteiger partial charge >= 0.3 is 0 Å². The van der Waals surface area contributed by atoms with Crippen LogP contribution in [0, 0.1) is 11.3 Å². The zero-order valence-electron chi connectivity index (χ0n) is 14.3. The summed E-state index contributed by atoms with van der Waals surface area (Å²) in [5.74, 6) is 0.387. The molecule has 1 atom stereocenters. The first kappa shape index (κ1) is 17.0. The molecule has 2 aromatic carbocycles. The Morgan fingerprint density at radius 1 is 1.16 bits per heavy atom. The topological polar surface area (TPSA) is 56.6 Å². The highest BCUT2D eigenvalue weighted by atomic mass is 16.5. The molecule has 0 spiro atoms. The van der Waals surface area contributed by atoms with Crippen LogP contribution in [0.2, 0.25) is 0 Å². The third-order valence-corrected chi connectivity index (χ3v) is 4.45. The number of hydrogen-bond donors (Lipinski definition) is 0. The second kappa shape index (κ2) is 7.82. The molecule has 0 unspecified atom stereocenters. The second-order valence-electron chi connectivity index (χ2n) is 6.17. The quantitative estimate of drug-likeness (QED) is 0.861. The average Bonchev–Trinajstić information content (AvgIpc) is 2.67. The fourth-order valence-corrected chi connectivity index (χ4v) is 3.09. The standard InChI is InChI=1S/C20H21N3O2/c1-22-11-12-23(18(14-22)16-7-3-2-4-8-16)20(24)15-25-19-10-6-5-9-17(19)13-21/h2-10,18H,11-12,14-15H2,1H3/t18-/m0/s1. The lowest BCUT2D eigenvalue weighted by Crippen LogP contribution is -2.50. The van der Waals surface area contributed by atoms with Crippen molar-refractivity contribution in [2.75, 3.05) is 33.3 Å². The van der Waals surface area contributed by atoms with Gasteiger partial charge in [-0.25, -0.2) is 0 Å². The Morgan fingerprint density at radius 2 is 1.88 bits per heavy atom. The van der Waals surface area contributed by atoms with Gasteiger partial charge in [-0.1, -0.05) is 42.5 Å². The third kappa shape index (κ3) is 3.98. The van der Waals surface area contributed by atoms with Crippen LogP contribution >= 0.6 is 0 Å². The molecule has 2 aromatic rings. The van der Waals surface area contributed by atoms with Gasteiger partial charge in [-0.15, -0.1) is 0 Å². The van der Waals surface area contributed by atoms with Crippen LogP contribution in [0.1, 0.15) is 17.2 Å². The minimum Gasteiger partial charge on any atom is -0.482 e. The van der Waals surface area contributed by atoms with Crippen LogP contribution in [0.4, 0.5) is 0 Å². The summed E-state index contributed by atoms with van der Waals surface area (Å²) in [5, 5.41) is 9.12. The van der Waals surface area contributed by atoms with E-state index < -0.39 is 0 Å². The third-order valence-electron chi connectivity index (χ3n) is 4.45. The lowest BCUT2D eigenvalue weighted by Gasteiger charge is -2.40. The second-order valence-corrected chi connectivity index (χ2v) is 6.17. The molecule has 0 saturated carbocycles. The van der Waals surface area contributed by atoms with Gasteiger partial charge in [-0.2, -0.15) is 5.26 Å². The van der Waals surface area contributed by atoms with E-state index in [0.717, 1.165) is 18.7 Å². The number of carbonyl (C=O) groups is 1. The molecule has 0 aromatic heterocycles. The number of likely N-dealkylation sites (N-methyl/N-ethyl adjacent to an activating group) is 1. The van der Waals surface area contributed by atoms with Crippen LogP contribution in [0.5, 0.6) is 5.75 Å². The number of para-hydroxylation sites is 1. The zero-order valence-corrected chi connectivity index (χ0v) is 14.3. The Hall–Kier alpha value is -2.84. The highest BCUT2D eigenvalue weighted by molar-refractivity contribution is 5.78. The van der Waals surface area contributed by atoms with Gasteiger partial charge < -0.3 is 14.5 Å². The molecule has 1 fully saturated rings. The molecule has 5 heteroatoms. The van der Waals surface area contributed by atoms with Crippen molar-refractivity contribution in [3.63, 3.8) is 0 Å². The summed E-state index contributed by atoms with van der Waals surface area (Å²) >= 11 is 0. The van der Waals surface area contributed by atoms with Crippen molar-refractivity contribution in [2.45, 2.75) is 6.04 Å². The lowest BCUT2D eigenvalue weighted by atomic mass is 10.0. The maximum atomic E-state index is 12.8. The van der Waals surface area contributed by atoms with Crippen molar-refractivity contribution in [1.82, 2.24) is 9.80 Å². The number of nitrogens with zero attached hydrogens (tertiary/aromatic N) is 3. The van der Waals surface area contributed by atoms with Crippen molar-refractivity contribution in [1.29, 1.82) is 5.26 Å². The summed E-state index contributed by atoms with van der Waals surface area (Å²) in [4.78, 5) is 16.9. The van der Waals surface area contributed by atoms with Gasteiger partial charge in [0.05, 0.1) is 11.6 Å². The summed E-state index contributed by atoms with van der Waals surface area (Å²) in [6.45, 7) is 2.23. The lowest BCUT2D eigenvalue weighted by molar-refractivity contribution is -0.138. The summed E-state index contributed by atoms with van der Waals surface area (Å²) in [6, 6.07) is 19.1. The van der Waals surface area contributed by atoms with Crippen LogP contribution in [0.15, 0.2) is 54.6 Å². The molecule has 5 nitrogen and oxygen atoms in total. The summed E-state index contributed by atoms with van der Waals surface area (Å²) in [6.07, 6.45) is 0. The Morgan fingerprint density at radius 3 is 2.64 bits per heavy atom. The number of piperazine rings is 1. The van der Waals surface area contributed by atoms with Crippen LogP contribution in [-0.4, -0.2) is 49.0 Å². The molecule has 0 aliphatic carbocycles. The van der Waals surface area contributed by atoms with Gasteiger partial charge in [0, 0.05) is 19.6 Å². The van der Waals surface area contributed by atoms with E-state index in [-0.39, 0.29) is 18.6 Å². The van der Waals surface area contributed by atoms with Crippen LogP contribution < -0.4 is 4.74 Å². The normalized spacial score (nSPS) is 17.8. The van der Waals surface area contributed by atoms with Gasteiger partial charge in [-0.3, -0.25) is 4.79 Å². The van der Waals surface area contributed by atoms with Gasteiger partial charge in [-0.05, 0) is 24.7 Å². The van der Waals surface area contributed by atoms with Crippen molar-refractivity contribution < 1.29 is 9.53 Å². The number of carbonyl (C=O) groups excluding carboxylic acids is 1. The molecule has 0 N–H and O–H groups in total. The SMILES string of the molecule is CN1CCN(C(=O)COc2ccccc2C#N)[C@H](c2ccccc2)C1. The molecule has 3 rings (SSSR count). The van der Waals surface area contributed by atoms with E-state index in [4.69, 9.17) is 10.00 Å². The number of ether oxygens (including phenoxy) is 1. The molecule has 0 bridgehead atoms. The van der Waals surface area contributed by atoms with Gasteiger partial charge in [0.1, 0.15) is 11.8 Å². The number of amides is 1. The molecule has 1 saturated heterocycles. The Bertz CT molecular complexity index is 770. The van der Waals surface area contributed by atoms with E-state index in [0.29, 0.717) is 17.9 Å². The predicted octanol–water partition coefficient (Wildman–Crippen LogP) is 2.45. The summed E-state index contributed by atoms with van der Waals surface area (Å²) in [7, 11) is 2.07. The maximum absolute atomic E-state index is 12.8. The first-order chi connectivity index (χ1) is 12.2. The predicted molar refractivity (Wildman–Crippen MR) is 95.0 cm³/mol. The largest absolute Gasteiger partial charge is 0.482 e. The van der Waals surface area contributed by atoms with Crippen molar-refractivity contribution in [3.05, 3.63) is 65.7 Å². The van der Waals surface area contributed by atoms with Gasteiger partial charge in [0.2, 0.25) is 0 Å². The first-order valence-electron chi connectivity index (χ1n) is 8.34. The number of hydrogen-bond acceptors (Lipinski definition) is 4. The van der Waals surface area contributed by atoms with Crippen LogP contribution in [0.25, 0.3) is 0 Å². The van der Waals surface area contributed by atoms with E-state index in [2.05, 4.69) is 30.1 Å². The minimum atomic E-state index is -0.0637. The highest BCUT2D eigenvalue weighted by Gasteiger charge is 2.30. The van der Waals surface area contributed by atoms with E-state index in [9.17, 15) is 4.79 Å². The monoisotopic (exact) mass is 335 g/mol. The number of rotatable bonds is 4. The molecule has 0 radical (unpaired) electrons. The molecule has 25 heavy (non-hydrogen) atoms. The van der Waals surface area contributed by atoms with Crippen molar-refractivity contribution in [2.24, 2.45) is 0 Å². The smallest absolute Gasteiger partial charge is 0.261 e. The van der Waals surface area contributed by atoms with E-state index in [1.54, 1.807) is 24.3 Å². The fourth-order valence-electron chi connectivity index (χ4n) is 3.09. The maximum Gasteiger partial charge on any atom is 0.261 e. The number of benzene rings is 2. The summed E-state index contributed by atoms with van der Waals surface area (Å²) in [5.41, 5.74) is 1.56. The van der Waals surface area contributed by atoms with E-state index >= 15 is 0 Å². The summed E-state index contributed by atoms with van der Waals surface area (Å²) < 4.78 is 5.63. The highest BCUT2D eigenvalue weighted by Crippen LogP contribution is 2.25. The minimum absolute atomic E-state index is 0.0160. The fraction of sp³-hybridized carbons (Fsp3) is 0.300. The molecular formula is C20H21N3O2. The zero-order chi connectivity index (χ0) is 17.6. The van der Waals surface area contributed by atoms with Crippen molar-refractivity contribution in [3.8, 4) is 11.8 Å². The molecule has 128 valence electrons. The number of nitriles is 1.